The Morgan fingerprint density at radius 2 is 1.48 bits per heavy atom. The number of carbonyl (C=O) groups excluding carboxylic acids is 2. The van der Waals surface area contributed by atoms with Gasteiger partial charge in [0.05, 0.1) is 16.8 Å². The molecule has 2 N–H and O–H groups in total. The van der Waals surface area contributed by atoms with Crippen LogP contribution in [-0.2, 0) is 0 Å². The number of nitrogens with zero attached hydrogens (tertiary/aromatic N) is 1. The lowest BCUT2D eigenvalue weighted by molar-refractivity contribution is 0.0954. The van der Waals surface area contributed by atoms with Gasteiger partial charge in [0.15, 0.2) is 0 Å². The van der Waals surface area contributed by atoms with Crippen molar-refractivity contribution in [2.24, 2.45) is 5.10 Å². The number of rotatable bonds is 5. The lowest BCUT2D eigenvalue weighted by Gasteiger charge is -2.07. The first-order valence-corrected chi connectivity index (χ1v) is 9.97. The Morgan fingerprint density at radius 3 is 2.29 bits per heavy atom. The van der Waals surface area contributed by atoms with Crippen molar-refractivity contribution in [3.05, 3.63) is 113 Å². The highest BCUT2D eigenvalue weighted by Crippen LogP contribution is 2.18. The van der Waals surface area contributed by atoms with Crippen molar-refractivity contribution in [1.82, 2.24) is 5.43 Å². The zero-order valence-electron chi connectivity index (χ0n) is 16.4. The normalized spacial score (nSPS) is 10.9. The molecule has 0 bridgehead atoms. The lowest BCUT2D eigenvalue weighted by Crippen LogP contribution is -2.18. The number of hydrogen-bond acceptors (Lipinski definition) is 3. The van der Waals surface area contributed by atoms with Crippen LogP contribution in [0.4, 0.5) is 5.69 Å². The summed E-state index contributed by atoms with van der Waals surface area (Å²) in [6.07, 6.45) is 1.62. The largest absolute Gasteiger partial charge is 0.322 e. The minimum absolute atomic E-state index is 0.317. The number of amides is 2. The van der Waals surface area contributed by atoms with Gasteiger partial charge < -0.3 is 5.32 Å². The molecular formula is C25H18ClN3O2. The lowest BCUT2D eigenvalue weighted by atomic mass is 10.1. The topological polar surface area (TPSA) is 70.6 Å². The van der Waals surface area contributed by atoms with E-state index in [9.17, 15) is 9.59 Å². The van der Waals surface area contributed by atoms with Crippen molar-refractivity contribution in [3.8, 4) is 0 Å². The molecule has 152 valence electrons. The molecular weight excluding hydrogens is 410 g/mol. The molecule has 0 aliphatic carbocycles. The molecule has 0 radical (unpaired) electrons. The quantitative estimate of drug-likeness (QED) is 0.325. The van der Waals surface area contributed by atoms with Gasteiger partial charge >= 0.3 is 0 Å². The molecule has 4 aromatic carbocycles. The fourth-order valence-corrected chi connectivity index (χ4v) is 3.36. The van der Waals surface area contributed by atoms with E-state index in [2.05, 4.69) is 15.8 Å². The molecule has 0 atom stereocenters. The summed E-state index contributed by atoms with van der Waals surface area (Å²) in [4.78, 5) is 24.7. The summed E-state index contributed by atoms with van der Waals surface area (Å²) in [5.41, 5.74) is 4.81. The number of benzene rings is 4. The fourth-order valence-electron chi connectivity index (χ4n) is 3.14. The molecule has 0 aromatic heterocycles. The van der Waals surface area contributed by atoms with Gasteiger partial charge in [-0.3, -0.25) is 9.59 Å². The smallest absolute Gasteiger partial charge is 0.271 e. The Hall–Kier alpha value is -3.96. The summed E-state index contributed by atoms with van der Waals surface area (Å²) in [6, 6.07) is 27.2. The predicted molar refractivity (Wildman–Crippen MR) is 125 cm³/mol. The Morgan fingerprint density at radius 1 is 0.774 bits per heavy atom. The second-order valence-electron chi connectivity index (χ2n) is 6.78. The highest BCUT2D eigenvalue weighted by Gasteiger charge is 2.10. The first-order chi connectivity index (χ1) is 15.1. The van der Waals surface area contributed by atoms with Crippen molar-refractivity contribution >= 4 is 46.1 Å². The van der Waals surface area contributed by atoms with Crippen LogP contribution in [0.3, 0.4) is 0 Å². The highest BCUT2D eigenvalue weighted by atomic mass is 35.5. The molecule has 0 saturated heterocycles. The van der Waals surface area contributed by atoms with E-state index in [1.54, 1.807) is 54.7 Å². The van der Waals surface area contributed by atoms with E-state index < -0.39 is 0 Å². The molecule has 4 aromatic rings. The molecule has 5 nitrogen and oxygen atoms in total. The summed E-state index contributed by atoms with van der Waals surface area (Å²) in [5.74, 6) is -0.664. The van der Waals surface area contributed by atoms with Gasteiger partial charge in [0.2, 0.25) is 0 Å². The Balaban J connectivity index is 1.40. The van der Waals surface area contributed by atoms with Gasteiger partial charge in [0.1, 0.15) is 0 Å². The zero-order chi connectivity index (χ0) is 21.6. The van der Waals surface area contributed by atoms with E-state index in [0.29, 0.717) is 21.8 Å². The number of carbonyl (C=O) groups is 2. The fraction of sp³-hybridized carbons (Fsp3) is 0. The summed E-state index contributed by atoms with van der Waals surface area (Å²) in [7, 11) is 0. The summed E-state index contributed by atoms with van der Waals surface area (Å²) in [6.45, 7) is 0. The molecule has 0 fully saturated rings. The molecule has 0 aliphatic rings. The number of hydrogen-bond donors (Lipinski definition) is 2. The molecule has 31 heavy (non-hydrogen) atoms. The van der Waals surface area contributed by atoms with Crippen LogP contribution in [0.15, 0.2) is 96.1 Å². The number of anilines is 1. The minimum Gasteiger partial charge on any atom is -0.322 e. The summed E-state index contributed by atoms with van der Waals surface area (Å²) in [5, 5.41) is 9.38. The van der Waals surface area contributed by atoms with Gasteiger partial charge in [-0.25, -0.2) is 5.43 Å². The maximum atomic E-state index is 12.4. The third kappa shape index (κ3) is 4.79. The number of hydrazone groups is 1. The van der Waals surface area contributed by atoms with Gasteiger partial charge in [-0.1, -0.05) is 66.2 Å². The van der Waals surface area contributed by atoms with Crippen molar-refractivity contribution in [3.63, 3.8) is 0 Å². The van der Waals surface area contributed by atoms with Crippen molar-refractivity contribution in [2.45, 2.75) is 0 Å². The SMILES string of the molecule is O=C(NN=Cc1cccc2ccccc12)c1ccc(NC(=O)c2ccccc2Cl)cc1. The van der Waals surface area contributed by atoms with Gasteiger partial charge in [0, 0.05) is 16.8 Å². The van der Waals surface area contributed by atoms with Crippen LogP contribution in [0.5, 0.6) is 0 Å². The highest BCUT2D eigenvalue weighted by molar-refractivity contribution is 6.34. The Kier molecular flexibility index (Phi) is 6.05. The minimum atomic E-state index is -0.347. The van der Waals surface area contributed by atoms with Gasteiger partial charge in [-0.05, 0) is 47.2 Å². The Bertz CT molecular complexity index is 1280. The van der Waals surface area contributed by atoms with E-state index in [1.165, 1.54) is 0 Å². The second kappa shape index (κ2) is 9.24. The molecule has 0 unspecified atom stereocenters. The summed E-state index contributed by atoms with van der Waals surface area (Å²) >= 11 is 6.05. The average molecular weight is 428 g/mol. The number of halogens is 1. The van der Waals surface area contributed by atoms with Crippen LogP contribution in [0.25, 0.3) is 10.8 Å². The predicted octanol–water partition coefficient (Wildman–Crippen LogP) is 5.51. The van der Waals surface area contributed by atoms with E-state index in [1.807, 2.05) is 42.5 Å². The molecule has 0 heterocycles. The monoisotopic (exact) mass is 427 g/mol. The molecule has 0 saturated carbocycles. The van der Waals surface area contributed by atoms with E-state index in [4.69, 9.17) is 11.6 Å². The molecule has 0 aliphatic heterocycles. The van der Waals surface area contributed by atoms with Crippen LogP contribution >= 0.6 is 11.6 Å². The molecule has 0 spiro atoms. The standard InChI is InChI=1S/C25H18ClN3O2/c26-23-11-4-3-10-22(23)25(31)28-20-14-12-18(13-15-20)24(30)29-27-16-19-8-5-7-17-6-1-2-9-21(17)19/h1-16H,(H,28,31)(H,29,30). The molecule has 4 rings (SSSR count). The van der Waals surface area contributed by atoms with E-state index in [0.717, 1.165) is 16.3 Å². The van der Waals surface area contributed by atoms with Crippen LogP contribution in [0.1, 0.15) is 26.3 Å². The van der Waals surface area contributed by atoms with Crippen LogP contribution in [0, 0.1) is 0 Å². The number of nitrogens with one attached hydrogen (secondary N) is 2. The maximum absolute atomic E-state index is 12.4. The first kappa shape index (κ1) is 20.3. The van der Waals surface area contributed by atoms with Gasteiger partial charge in [-0.15, -0.1) is 0 Å². The van der Waals surface area contributed by atoms with Gasteiger partial charge in [0.25, 0.3) is 11.8 Å². The first-order valence-electron chi connectivity index (χ1n) is 9.59. The maximum Gasteiger partial charge on any atom is 0.271 e. The van der Waals surface area contributed by atoms with Crippen molar-refractivity contribution in [1.29, 1.82) is 0 Å². The Labute approximate surface area is 184 Å². The van der Waals surface area contributed by atoms with Gasteiger partial charge in [-0.2, -0.15) is 5.10 Å². The van der Waals surface area contributed by atoms with Crippen molar-refractivity contribution in [2.75, 3.05) is 5.32 Å². The zero-order valence-corrected chi connectivity index (χ0v) is 17.1. The molecule has 2 amide bonds. The summed E-state index contributed by atoms with van der Waals surface area (Å²) < 4.78 is 0. The van der Waals surface area contributed by atoms with Crippen molar-refractivity contribution < 1.29 is 9.59 Å². The third-order valence-corrected chi connectivity index (χ3v) is 5.05. The van der Waals surface area contributed by atoms with Crippen LogP contribution in [0.2, 0.25) is 5.02 Å². The number of fused-ring (bicyclic) bond motifs is 1. The van der Waals surface area contributed by atoms with E-state index in [-0.39, 0.29) is 11.8 Å². The van der Waals surface area contributed by atoms with E-state index >= 15 is 0 Å². The second-order valence-corrected chi connectivity index (χ2v) is 7.19. The van der Waals surface area contributed by atoms with Crippen LogP contribution in [-0.4, -0.2) is 18.0 Å². The van der Waals surface area contributed by atoms with Crippen LogP contribution < -0.4 is 10.7 Å². The third-order valence-electron chi connectivity index (χ3n) is 4.72. The molecule has 6 heteroatoms. The average Bonchev–Trinajstić information content (AvgIpc) is 2.80.